The van der Waals surface area contributed by atoms with E-state index in [1.165, 1.54) is 5.56 Å². The van der Waals surface area contributed by atoms with Crippen LogP contribution in [-0.2, 0) is 0 Å². The third-order valence-corrected chi connectivity index (χ3v) is 3.47. The van der Waals surface area contributed by atoms with Gasteiger partial charge in [0.05, 0.1) is 6.04 Å². The van der Waals surface area contributed by atoms with Crippen LogP contribution in [0, 0.1) is 5.82 Å². The van der Waals surface area contributed by atoms with Crippen LogP contribution in [0.15, 0.2) is 36.4 Å². The molecule has 0 saturated carbocycles. The first-order chi connectivity index (χ1) is 7.72. The van der Waals surface area contributed by atoms with Gasteiger partial charge in [0.2, 0.25) is 0 Å². The molecular formula is C14H14FN. The Bertz CT molecular complexity index is 501. The van der Waals surface area contributed by atoms with Crippen molar-refractivity contribution >= 4 is 5.70 Å². The predicted molar refractivity (Wildman–Crippen MR) is 63.2 cm³/mol. The van der Waals surface area contributed by atoms with Crippen molar-refractivity contribution in [3.05, 3.63) is 53.4 Å². The number of nitrogens with zero attached hydrogens (tertiary/aromatic N) is 1. The fraction of sp³-hybridized carbons (Fsp3) is 0.286. The quantitative estimate of drug-likeness (QED) is 0.599. The van der Waals surface area contributed by atoms with E-state index < -0.39 is 0 Å². The number of hydrogen-bond acceptors (Lipinski definition) is 1. The summed E-state index contributed by atoms with van der Waals surface area (Å²) in [7, 11) is 0. The number of halogens is 1. The highest BCUT2D eigenvalue weighted by molar-refractivity contribution is 5.74. The van der Waals surface area contributed by atoms with Crippen LogP contribution in [-0.4, -0.2) is 10.9 Å². The molecule has 0 fully saturated rings. The van der Waals surface area contributed by atoms with Gasteiger partial charge >= 0.3 is 0 Å². The molecule has 2 aliphatic heterocycles. The van der Waals surface area contributed by atoms with Crippen LogP contribution < -0.4 is 0 Å². The Morgan fingerprint density at radius 1 is 1.31 bits per heavy atom. The van der Waals surface area contributed by atoms with Gasteiger partial charge in [0, 0.05) is 17.3 Å². The molecule has 2 heteroatoms. The van der Waals surface area contributed by atoms with Gasteiger partial charge in [0.1, 0.15) is 5.82 Å². The first kappa shape index (κ1) is 9.64. The van der Waals surface area contributed by atoms with E-state index in [-0.39, 0.29) is 5.82 Å². The summed E-state index contributed by atoms with van der Waals surface area (Å²) < 4.78 is 13.3. The number of rotatable bonds is 0. The van der Waals surface area contributed by atoms with Crippen LogP contribution in [0.5, 0.6) is 0 Å². The van der Waals surface area contributed by atoms with Crippen molar-refractivity contribution in [2.24, 2.45) is 0 Å². The minimum Gasteiger partial charge on any atom is -0.355 e. The lowest BCUT2D eigenvalue weighted by atomic mass is 10.0. The van der Waals surface area contributed by atoms with Gasteiger partial charge < -0.3 is 4.90 Å². The second-order valence-electron chi connectivity index (χ2n) is 4.38. The molecule has 1 nitrogen and oxygen atoms in total. The average Bonchev–Trinajstić information content (AvgIpc) is 2.77. The van der Waals surface area contributed by atoms with Crippen molar-refractivity contribution in [3.63, 3.8) is 0 Å². The highest BCUT2D eigenvalue weighted by Gasteiger charge is 2.37. The Morgan fingerprint density at radius 2 is 2.12 bits per heavy atom. The average molecular weight is 215 g/mol. The van der Waals surface area contributed by atoms with E-state index in [0.717, 1.165) is 11.3 Å². The molecule has 0 amide bonds. The van der Waals surface area contributed by atoms with Gasteiger partial charge in [0.15, 0.2) is 0 Å². The fourth-order valence-electron chi connectivity index (χ4n) is 2.78. The summed E-state index contributed by atoms with van der Waals surface area (Å²) in [6.45, 7) is 4.18. The largest absolute Gasteiger partial charge is 0.355 e. The molecule has 0 aromatic heterocycles. The molecule has 0 saturated heterocycles. The standard InChI is InChI=1S/C14H14FN/c1-3-13-12-8-10(15)5-6-11(12)14-7-4-9(2)16(13)14/h3-9,14H,1-2H3/b13-3+. The number of hydrogen-bond donors (Lipinski definition) is 0. The van der Waals surface area contributed by atoms with Crippen molar-refractivity contribution in [1.82, 2.24) is 4.90 Å². The van der Waals surface area contributed by atoms with Crippen molar-refractivity contribution in [3.8, 4) is 0 Å². The van der Waals surface area contributed by atoms with Crippen LogP contribution in [0.4, 0.5) is 4.39 Å². The maximum Gasteiger partial charge on any atom is 0.123 e. The second-order valence-corrected chi connectivity index (χ2v) is 4.38. The third-order valence-electron chi connectivity index (χ3n) is 3.47. The van der Waals surface area contributed by atoms with E-state index in [4.69, 9.17) is 0 Å². The van der Waals surface area contributed by atoms with Gasteiger partial charge in [-0.2, -0.15) is 0 Å². The van der Waals surface area contributed by atoms with E-state index in [0.29, 0.717) is 12.1 Å². The molecule has 82 valence electrons. The second kappa shape index (κ2) is 3.21. The Hall–Kier alpha value is -1.57. The lowest BCUT2D eigenvalue weighted by molar-refractivity contribution is 0.353. The van der Waals surface area contributed by atoms with Crippen molar-refractivity contribution in [1.29, 1.82) is 0 Å². The first-order valence-corrected chi connectivity index (χ1v) is 5.65. The van der Waals surface area contributed by atoms with Crippen molar-refractivity contribution < 1.29 is 4.39 Å². The molecule has 0 aliphatic carbocycles. The summed E-state index contributed by atoms with van der Waals surface area (Å²) in [4.78, 5) is 2.34. The normalized spacial score (nSPS) is 28.7. The zero-order valence-electron chi connectivity index (χ0n) is 9.44. The third kappa shape index (κ3) is 1.10. The molecule has 3 rings (SSSR count). The van der Waals surface area contributed by atoms with Crippen LogP contribution in [0.2, 0.25) is 0 Å². The van der Waals surface area contributed by atoms with Crippen molar-refractivity contribution in [2.45, 2.75) is 25.9 Å². The number of benzene rings is 1. The van der Waals surface area contributed by atoms with E-state index in [9.17, 15) is 4.39 Å². The van der Waals surface area contributed by atoms with Gasteiger partial charge in [0.25, 0.3) is 0 Å². The molecule has 0 radical (unpaired) electrons. The van der Waals surface area contributed by atoms with E-state index in [2.05, 4.69) is 30.1 Å². The van der Waals surface area contributed by atoms with E-state index in [1.54, 1.807) is 12.1 Å². The van der Waals surface area contributed by atoms with E-state index in [1.807, 2.05) is 13.0 Å². The van der Waals surface area contributed by atoms with Gasteiger partial charge in [-0.05, 0) is 31.5 Å². The molecule has 2 aliphatic rings. The Morgan fingerprint density at radius 3 is 2.88 bits per heavy atom. The van der Waals surface area contributed by atoms with Gasteiger partial charge in [-0.25, -0.2) is 4.39 Å². The van der Waals surface area contributed by atoms with Gasteiger partial charge in [-0.1, -0.05) is 24.3 Å². The molecular weight excluding hydrogens is 201 g/mol. The zero-order chi connectivity index (χ0) is 11.3. The molecule has 1 aromatic rings. The number of fused-ring (bicyclic) bond motifs is 3. The smallest absolute Gasteiger partial charge is 0.123 e. The summed E-state index contributed by atoms with van der Waals surface area (Å²) in [6.07, 6.45) is 6.49. The zero-order valence-corrected chi connectivity index (χ0v) is 9.44. The maximum absolute atomic E-state index is 13.3. The lowest BCUT2D eigenvalue weighted by Gasteiger charge is -2.25. The van der Waals surface area contributed by atoms with E-state index >= 15 is 0 Å². The summed E-state index contributed by atoms with van der Waals surface area (Å²) in [5.41, 5.74) is 3.41. The van der Waals surface area contributed by atoms with Crippen LogP contribution in [0.3, 0.4) is 0 Å². The molecule has 1 aromatic carbocycles. The molecule has 0 N–H and O–H groups in total. The summed E-state index contributed by atoms with van der Waals surface area (Å²) in [6, 6.07) is 5.79. The molecule has 16 heavy (non-hydrogen) atoms. The predicted octanol–water partition coefficient (Wildman–Crippen LogP) is 3.50. The fourth-order valence-corrected chi connectivity index (χ4v) is 2.78. The van der Waals surface area contributed by atoms with Crippen LogP contribution in [0.1, 0.15) is 31.0 Å². The highest BCUT2D eigenvalue weighted by atomic mass is 19.1. The highest BCUT2D eigenvalue weighted by Crippen LogP contribution is 2.46. The Balaban J connectivity index is 2.21. The Labute approximate surface area is 94.9 Å². The SMILES string of the molecule is C/C=C1\c2cc(F)ccc2C2C=CC(C)N12. The molecule has 0 bridgehead atoms. The van der Waals surface area contributed by atoms with Crippen molar-refractivity contribution in [2.75, 3.05) is 0 Å². The molecule has 2 atom stereocenters. The van der Waals surface area contributed by atoms with Gasteiger partial charge in [-0.3, -0.25) is 0 Å². The molecule has 0 spiro atoms. The topological polar surface area (TPSA) is 3.24 Å². The summed E-state index contributed by atoms with van der Waals surface area (Å²) in [5.74, 6) is -0.157. The molecule has 2 unspecified atom stereocenters. The number of allylic oxidation sites excluding steroid dienone is 1. The molecule has 2 heterocycles. The van der Waals surface area contributed by atoms with Crippen LogP contribution in [0.25, 0.3) is 5.70 Å². The maximum atomic E-state index is 13.3. The monoisotopic (exact) mass is 215 g/mol. The lowest BCUT2D eigenvalue weighted by Crippen LogP contribution is -2.23. The first-order valence-electron chi connectivity index (χ1n) is 5.65. The van der Waals surface area contributed by atoms with Gasteiger partial charge in [-0.15, -0.1) is 0 Å². The van der Waals surface area contributed by atoms with Crippen LogP contribution >= 0.6 is 0 Å². The minimum atomic E-state index is -0.157. The summed E-state index contributed by atoms with van der Waals surface area (Å²) in [5, 5.41) is 0. The Kier molecular flexibility index (Phi) is 1.93. The summed E-state index contributed by atoms with van der Waals surface area (Å²) >= 11 is 0. The minimum absolute atomic E-state index is 0.157.